The van der Waals surface area contributed by atoms with Gasteiger partial charge in [0.25, 0.3) is 0 Å². The smallest absolute Gasteiger partial charge is 0.0350 e. The topological polar surface area (TPSA) is 28.2 Å². The highest BCUT2D eigenvalue weighted by Gasteiger charge is 2.13. The minimum atomic E-state index is 0.421. The molecule has 102 valence electrons. The summed E-state index contributed by atoms with van der Waals surface area (Å²) in [6.45, 7) is 13.2. The summed E-state index contributed by atoms with van der Waals surface area (Å²) in [5.41, 5.74) is 2.67. The molecule has 1 rings (SSSR count). The van der Waals surface area contributed by atoms with Crippen molar-refractivity contribution in [3.8, 4) is 0 Å². The molecular weight excluding hydrogens is 222 g/mol. The molecule has 0 amide bonds. The normalized spacial score (nSPS) is 12.9. The van der Waals surface area contributed by atoms with E-state index in [2.05, 4.69) is 49.0 Å². The molecular formula is C15H27N3. The lowest BCUT2D eigenvalue weighted by molar-refractivity contribution is 0.282. The second kappa shape index (κ2) is 8.22. The molecule has 0 aromatic carbocycles. The Morgan fingerprint density at radius 1 is 1.28 bits per heavy atom. The van der Waals surface area contributed by atoms with Crippen LogP contribution in [0.25, 0.3) is 0 Å². The fourth-order valence-electron chi connectivity index (χ4n) is 2.31. The van der Waals surface area contributed by atoms with Crippen molar-refractivity contribution in [2.75, 3.05) is 26.2 Å². The van der Waals surface area contributed by atoms with Crippen LogP contribution in [0.15, 0.2) is 18.5 Å². The van der Waals surface area contributed by atoms with Gasteiger partial charge in [-0.3, -0.25) is 4.98 Å². The standard InChI is InChI=1S/C15H27N3/c1-5-17-15(9-11-18(6-2)7-3)14-12-16-10-8-13(14)4/h8,10,12,15,17H,5-7,9,11H2,1-4H3. The van der Waals surface area contributed by atoms with Gasteiger partial charge in [0.1, 0.15) is 0 Å². The Labute approximate surface area is 112 Å². The summed E-state index contributed by atoms with van der Waals surface area (Å²) >= 11 is 0. The van der Waals surface area contributed by atoms with E-state index < -0.39 is 0 Å². The van der Waals surface area contributed by atoms with Crippen LogP contribution >= 0.6 is 0 Å². The van der Waals surface area contributed by atoms with Gasteiger partial charge in [0.2, 0.25) is 0 Å². The molecule has 0 saturated heterocycles. The Kier molecular flexibility index (Phi) is 6.91. The van der Waals surface area contributed by atoms with E-state index in [0.717, 1.165) is 32.6 Å². The van der Waals surface area contributed by atoms with E-state index in [0.29, 0.717) is 6.04 Å². The van der Waals surface area contributed by atoms with Crippen molar-refractivity contribution < 1.29 is 0 Å². The highest BCUT2D eigenvalue weighted by atomic mass is 15.1. The van der Waals surface area contributed by atoms with Crippen molar-refractivity contribution >= 4 is 0 Å². The molecule has 1 atom stereocenters. The lowest BCUT2D eigenvalue weighted by atomic mass is 10.0. The Morgan fingerprint density at radius 2 is 2.00 bits per heavy atom. The average Bonchev–Trinajstić information content (AvgIpc) is 2.39. The van der Waals surface area contributed by atoms with Crippen molar-refractivity contribution in [3.63, 3.8) is 0 Å². The zero-order valence-electron chi connectivity index (χ0n) is 12.2. The number of aromatic nitrogens is 1. The fraction of sp³-hybridized carbons (Fsp3) is 0.667. The van der Waals surface area contributed by atoms with E-state index in [1.165, 1.54) is 11.1 Å². The second-order valence-electron chi connectivity index (χ2n) is 4.66. The maximum atomic E-state index is 4.26. The molecule has 0 aliphatic rings. The van der Waals surface area contributed by atoms with Gasteiger partial charge in [-0.2, -0.15) is 0 Å². The van der Waals surface area contributed by atoms with E-state index in [1.54, 1.807) is 0 Å². The second-order valence-corrected chi connectivity index (χ2v) is 4.66. The number of aryl methyl sites for hydroxylation is 1. The first kappa shape index (κ1) is 15.1. The van der Waals surface area contributed by atoms with Crippen LogP contribution < -0.4 is 5.32 Å². The third-order valence-corrected chi connectivity index (χ3v) is 3.53. The van der Waals surface area contributed by atoms with Crippen LogP contribution in [0.3, 0.4) is 0 Å². The van der Waals surface area contributed by atoms with Gasteiger partial charge in [-0.25, -0.2) is 0 Å². The SMILES string of the molecule is CCNC(CCN(CC)CC)c1cnccc1C. The van der Waals surface area contributed by atoms with E-state index in [4.69, 9.17) is 0 Å². The maximum Gasteiger partial charge on any atom is 0.0350 e. The molecule has 1 aromatic rings. The van der Waals surface area contributed by atoms with E-state index in [1.807, 2.05) is 12.4 Å². The van der Waals surface area contributed by atoms with Crippen LogP contribution in [0.5, 0.6) is 0 Å². The highest BCUT2D eigenvalue weighted by Crippen LogP contribution is 2.19. The summed E-state index contributed by atoms with van der Waals surface area (Å²) in [5.74, 6) is 0. The van der Waals surface area contributed by atoms with Crippen molar-refractivity contribution in [3.05, 3.63) is 29.6 Å². The van der Waals surface area contributed by atoms with Crippen molar-refractivity contribution in [1.29, 1.82) is 0 Å². The molecule has 1 aromatic heterocycles. The number of hydrogen-bond donors (Lipinski definition) is 1. The summed E-state index contributed by atoms with van der Waals surface area (Å²) in [7, 11) is 0. The van der Waals surface area contributed by atoms with Crippen LogP contribution in [0, 0.1) is 6.92 Å². The molecule has 0 saturated carbocycles. The molecule has 3 heteroatoms. The first-order chi connectivity index (χ1) is 8.72. The Morgan fingerprint density at radius 3 is 2.56 bits per heavy atom. The molecule has 0 aliphatic carbocycles. The Bertz CT molecular complexity index is 334. The molecule has 18 heavy (non-hydrogen) atoms. The third kappa shape index (κ3) is 4.39. The summed E-state index contributed by atoms with van der Waals surface area (Å²) in [6.07, 6.45) is 5.01. The fourth-order valence-corrected chi connectivity index (χ4v) is 2.31. The van der Waals surface area contributed by atoms with Crippen LogP contribution in [-0.2, 0) is 0 Å². The molecule has 0 spiro atoms. The number of nitrogens with one attached hydrogen (secondary N) is 1. The predicted octanol–water partition coefficient (Wildman–Crippen LogP) is 2.77. The summed E-state index contributed by atoms with van der Waals surface area (Å²) in [6, 6.07) is 2.51. The van der Waals surface area contributed by atoms with Crippen LogP contribution in [-0.4, -0.2) is 36.1 Å². The molecule has 1 heterocycles. The Balaban J connectivity index is 2.68. The average molecular weight is 249 g/mol. The zero-order chi connectivity index (χ0) is 13.4. The van der Waals surface area contributed by atoms with Gasteiger partial charge in [-0.05, 0) is 56.7 Å². The van der Waals surface area contributed by atoms with Gasteiger partial charge in [0.15, 0.2) is 0 Å². The Hall–Kier alpha value is -0.930. The zero-order valence-corrected chi connectivity index (χ0v) is 12.2. The number of rotatable bonds is 8. The molecule has 1 N–H and O–H groups in total. The van der Waals surface area contributed by atoms with Crippen LogP contribution in [0.1, 0.15) is 44.4 Å². The van der Waals surface area contributed by atoms with Crippen LogP contribution in [0.2, 0.25) is 0 Å². The third-order valence-electron chi connectivity index (χ3n) is 3.53. The molecule has 0 aliphatic heterocycles. The molecule has 0 bridgehead atoms. The summed E-state index contributed by atoms with van der Waals surface area (Å²) in [5, 5.41) is 3.58. The highest BCUT2D eigenvalue weighted by molar-refractivity contribution is 5.25. The molecule has 0 fully saturated rings. The minimum Gasteiger partial charge on any atom is -0.310 e. The van der Waals surface area contributed by atoms with Gasteiger partial charge < -0.3 is 10.2 Å². The predicted molar refractivity (Wildman–Crippen MR) is 77.8 cm³/mol. The van der Waals surface area contributed by atoms with E-state index in [9.17, 15) is 0 Å². The van der Waals surface area contributed by atoms with E-state index >= 15 is 0 Å². The summed E-state index contributed by atoms with van der Waals surface area (Å²) in [4.78, 5) is 6.73. The first-order valence-corrected chi connectivity index (χ1v) is 7.09. The van der Waals surface area contributed by atoms with Gasteiger partial charge >= 0.3 is 0 Å². The lowest BCUT2D eigenvalue weighted by Crippen LogP contribution is -2.29. The van der Waals surface area contributed by atoms with Gasteiger partial charge in [0, 0.05) is 18.4 Å². The van der Waals surface area contributed by atoms with Gasteiger partial charge in [0.05, 0.1) is 0 Å². The summed E-state index contributed by atoms with van der Waals surface area (Å²) < 4.78 is 0. The van der Waals surface area contributed by atoms with Crippen molar-refractivity contribution in [2.24, 2.45) is 0 Å². The van der Waals surface area contributed by atoms with Gasteiger partial charge in [-0.1, -0.05) is 20.8 Å². The van der Waals surface area contributed by atoms with Crippen molar-refractivity contribution in [2.45, 2.75) is 40.2 Å². The maximum absolute atomic E-state index is 4.26. The number of pyridine rings is 1. The molecule has 1 unspecified atom stereocenters. The quantitative estimate of drug-likeness (QED) is 0.768. The lowest BCUT2D eigenvalue weighted by Gasteiger charge is -2.24. The number of nitrogens with zero attached hydrogens (tertiary/aromatic N) is 2. The van der Waals surface area contributed by atoms with Crippen molar-refractivity contribution in [1.82, 2.24) is 15.2 Å². The molecule has 0 radical (unpaired) electrons. The molecule has 3 nitrogen and oxygen atoms in total. The first-order valence-electron chi connectivity index (χ1n) is 7.09. The monoisotopic (exact) mass is 249 g/mol. The van der Waals surface area contributed by atoms with E-state index in [-0.39, 0.29) is 0 Å². The van der Waals surface area contributed by atoms with Crippen LogP contribution in [0.4, 0.5) is 0 Å². The number of hydrogen-bond acceptors (Lipinski definition) is 3. The largest absolute Gasteiger partial charge is 0.310 e. The van der Waals surface area contributed by atoms with Gasteiger partial charge in [-0.15, -0.1) is 0 Å². The minimum absolute atomic E-state index is 0.421.